The van der Waals surface area contributed by atoms with E-state index in [0.717, 1.165) is 0 Å². The second-order valence-electron chi connectivity index (χ2n) is 7.01. The van der Waals surface area contributed by atoms with Crippen LogP contribution in [0.2, 0.25) is 0 Å². The van der Waals surface area contributed by atoms with Crippen LogP contribution in [0.3, 0.4) is 0 Å². The monoisotopic (exact) mass is 394 g/mol. The number of hydrogen-bond acceptors (Lipinski definition) is 6. The maximum Gasteiger partial charge on any atom is 0.337 e. The minimum absolute atomic E-state index is 0.00857. The van der Waals surface area contributed by atoms with Gasteiger partial charge in [0.05, 0.1) is 36.0 Å². The fraction of sp³-hybridized carbons (Fsp3) is 0.500. The summed E-state index contributed by atoms with van der Waals surface area (Å²) in [6, 6.07) is 5.98. The molecule has 1 aliphatic heterocycles. The Bertz CT molecular complexity index is 864. The molecular formula is C18H22N2O6S. The Morgan fingerprint density at radius 2 is 1.81 bits per heavy atom. The molecule has 8 nitrogen and oxygen atoms in total. The lowest BCUT2D eigenvalue weighted by Crippen LogP contribution is -2.39. The zero-order chi connectivity index (χ0) is 19.8. The van der Waals surface area contributed by atoms with Crippen LogP contribution in [-0.2, 0) is 24.2 Å². The molecule has 0 aromatic heterocycles. The van der Waals surface area contributed by atoms with Crippen molar-refractivity contribution in [2.75, 3.05) is 31.0 Å². The molecule has 1 saturated carbocycles. The third-order valence-corrected chi connectivity index (χ3v) is 6.87. The number of hydrogen-bond donors (Lipinski definition) is 1. The number of rotatable bonds is 5. The van der Waals surface area contributed by atoms with Gasteiger partial charge in [-0.1, -0.05) is 0 Å². The van der Waals surface area contributed by atoms with Crippen molar-refractivity contribution in [3.8, 4) is 0 Å². The van der Waals surface area contributed by atoms with Crippen LogP contribution in [0.4, 0.5) is 5.69 Å². The summed E-state index contributed by atoms with van der Waals surface area (Å²) < 4.78 is 27.8. The van der Waals surface area contributed by atoms with E-state index in [2.05, 4.69) is 10.1 Å². The van der Waals surface area contributed by atoms with Crippen LogP contribution in [-0.4, -0.2) is 62.8 Å². The van der Waals surface area contributed by atoms with Crippen LogP contribution < -0.4 is 5.32 Å². The highest BCUT2D eigenvalue weighted by atomic mass is 32.2. The van der Waals surface area contributed by atoms with Crippen molar-refractivity contribution in [2.24, 2.45) is 11.8 Å². The van der Waals surface area contributed by atoms with Crippen molar-refractivity contribution in [1.29, 1.82) is 0 Å². The number of benzene rings is 1. The van der Waals surface area contributed by atoms with Gasteiger partial charge in [-0.25, -0.2) is 13.2 Å². The number of anilines is 1. The molecule has 2 fully saturated rings. The molecule has 3 unspecified atom stereocenters. The third kappa shape index (κ3) is 4.29. The third-order valence-electron chi connectivity index (χ3n) is 5.12. The fourth-order valence-corrected chi connectivity index (χ4v) is 5.10. The SMILES string of the molecule is COC(=O)c1ccc(NC(=O)C2CC2C(=O)N(C)C2CCS(=O)(=O)C2)cc1. The second-order valence-corrected chi connectivity index (χ2v) is 9.24. The number of carbonyl (C=O) groups excluding carboxylic acids is 3. The first-order valence-corrected chi connectivity index (χ1v) is 10.5. The molecular weight excluding hydrogens is 372 g/mol. The number of carbonyl (C=O) groups is 3. The van der Waals surface area contributed by atoms with Crippen LogP contribution in [0.1, 0.15) is 23.2 Å². The van der Waals surface area contributed by atoms with Gasteiger partial charge in [-0.15, -0.1) is 0 Å². The quantitative estimate of drug-likeness (QED) is 0.736. The van der Waals surface area contributed by atoms with Crippen LogP contribution in [0.5, 0.6) is 0 Å². The van der Waals surface area contributed by atoms with Gasteiger partial charge in [0.25, 0.3) is 0 Å². The predicted octanol–water partition coefficient (Wildman–Crippen LogP) is 0.693. The number of esters is 1. The number of sulfone groups is 1. The van der Waals surface area contributed by atoms with Crippen molar-refractivity contribution in [3.05, 3.63) is 29.8 Å². The Hall–Kier alpha value is -2.42. The molecule has 1 aromatic rings. The van der Waals surface area contributed by atoms with Crippen molar-refractivity contribution < 1.29 is 27.5 Å². The number of nitrogens with zero attached hydrogens (tertiary/aromatic N) is 1. The van der Waals surface area contributed by atoms with Gasteiger partial charge < -0.3 is 15.0 Å². The molecule has 1 N–H and O–H groups in total. The van der Waals surface area contributed by atoms with E-state index in [1.54, 1.807) is 31.3 Å². The Kier molecular flexibility index (Phi) is 5.23. The average Bonchev–Trinajstić information content (AvgIpc) is 3.37. The second kappa shape index (κ2) is 7.30. The molecule has 27 heavy (non-hydrogen) atoms. The van der Waals surface area contributed by atoms with E-state index in [9.17, 15) is 22.8 Å². The summed E-state index contributed by atoms with van der Waals surface area (Å²) in [6.45, 7) is 0. The molecule has 0 bridgehead atoms. The van der Waals surface area contributed by atoms with E-state index in [-0.39, 0.29) is 29.4 Å². The summed E-state index contributed by atoms with van der Waals surface area (Å²) in [5.41, 5.74) is 0.907. The van der Waals surface area contributed by atoms with Gasteiger partial charge in [0.1, 0.15) is 0 Å². The van der Waals surface area contributed by atoms with Gasteiger partial charge in [0.15, 0.2) is 9.84 Å². The van der Waals surface area contributed by atoms with Crippen LogP contribution in [0, 0.1) is 11.8 Å². The smallest absolute Gasteiger partial charge is 0.337 e. The number of amides is 2. The highest BCUT2D eigenvalue weighted by Gasteiger charge is 2.50. The molecule has 1 aliphatic carbocycles. The standard InChI is InChI=1S/C18H22N2O6S/c1-20(13-7-8-27(24,25)10-13)17(22)15-9-14(15)16(21)19-12-5-3-11(4-6-12)18(23)26-2/h3-6,13-15H,7-10H2,1-2H3,(H,19,21). The number of ether oxygens (including phenoxy) is 1. The Labute approximate surface area is 157 Å². The van der Waals surface area contributed by atoms with Gasteiger partial charge in [0.2, 0.25) is 11.8 Å². The van der Waals surface area contributed by atoms with E-state index >= 15 is 0 Å². The van der Waals surface area contributed by atoms with Gasteiger partial charge in [0, 0.05) is 18.8 Å². The molecule has 2 amide bonds. The van der Waals surface area contributed by atoms with Crippen molar-refractivity contribution in [2.45, 2.75) is 18.9 Å². The maximum absolute atomic E-state index is 12.5. The predicted molar refractivity (Wildman–Crippen MR) is 97.8 cm³/mol. The Balaban J connectivity index is 1.54. The van der Waals surface area contributed by atoms with Gasteiger partial charge >= 0.3 is 5.97 Å². The van der Waals surface area contributed by atoms with Crippen molar-refractivity contribution in [3.63, 3.8) is 0 Å². The minimum atomic E-state index is -3.07. The molecule has 9 heteroatoms. The first kappa shape index (κ1) is 19.3. The fourth-order valence-electron chi connectivity index (χ4n) is 3.32. The highest BCUT2D eigenvalue weighted by Crippen LogP contribution is 2.41. The van der Waals surface area contributed by atoms with Crippen molar-refractivity contribution >= 4 is 33.3 Å². The molecule has 1 heterocycles. The molecule has 1 aromatic carbocycles. The van der Waals surface area contributed by atoms with Gasteiger partial charge in [-0.3, -0.25) is 9.59 Å². The van der Waals surface area contributed by atoms with Crippen LogP contribution >= 0.6 is 0 Å². The van der Waals surface area contributed by atoms with E-state index in [1.807, 2.05) is 0 Å². The lowest BCUT2D eigenvalue weighted by molar-refractivity contribution is -0.134. The first-order valence-electron chi connectivity index (χ1n) is 8.68. The summed E-state index contributed by atoms with van der Waals surface area (Å²) in [7, 11) is -0.172. The molecule has 146 valence electrons. The van der Waals surface area contributed by atoms with Gasteiger partial charge in [-0.05, 0) is 37.1 Å². The van der Waals surface area contributed by atoms with E-state index < -0.39 is 27.6 Å². The lowest BCUT2D eigenvalue weighted by Gasteiger charge is -2.23. The number of nitrogens with one attached hydrogen (secondary N) is 1. The molecule has 3 atom stereocenters. The molecule has 0 spiro atoms. The normalized spacial score (nSPS) is 25.5. The van der Waals surface area contributed by atoms with Crippen molar-refractivity contribution in [1.82, 2.24) is 4.90 Å². The van der Waals surface area contributed by atoms with E-state index in [4.69, 9.17) is 0 Å². The van der Waals surface area contributed by atoms with Gasteiger partial charge in [-0.2, -0.15) is 0 Å². The molecule has 3 rings (SSSR count). The highest BCUT2D eigenvalue weighted by molar-refractivity contribution is 7.91. The largest absolute Gasteiger partial charge is 0.465 e. The number of methoxy groups -OCH3 is 1. The summed E-state index contributed by atoms with van der Waals surface area (Å²) in [5.74, 6) is -1.63. The van der Waals surface area contributed by atoms with E-state index in [1.165, 1.54) is 12.0 Å². The molecule has 0 radical (unpaired) electrons. The summed E-state index contributed by atoms with van der Waals surface area (Å²) in [4.78, 5) is 37.8. The van der Waals surface area contributed by atoms with Crippen LogP contribution in [0.25, 0.3) is 0 Å². The average molecular weight is 394 g/mol. The maximum atomic E-state index is 12.5. The Morgan fingerprint density at radius 1 is 1.15 bits per heavy atom. The van der Waals surface area contributed by atoms with Crippen LogP contribution in [0.15, 0.2) is 24.3 Å². The Morgan fingerprint density at radius 3 is 2.37 bits per heavy atom. The minimum Gasteiger partial charge on any atom is -0.465 e. The topological polar surface area (TPSA) is 110 Å². The zero-order valence-electron chi connectivity index (χ0n) is 15.2. The zero-order valence-corrected chi connectivity index (χ0v) is 16.0. The molecule has 2 aliphatic rings. The summed E-state index contributed by atoms with van der Waals surface area (Å²) in [6.07, 6.45) is 0.898. The summed E-state index contributed by atoms with van der Waals surface area (Å²) >= 11 is 0. The summed E-state index contributed by atoms with van der Waals surface area (Å²) in [5, 5.41) is 2.74. The first-order chi connectivity index (χ1) is 12.7. The molecule has 1 saturated heterocycles. The lowest BCUT2D eigenvalue weighted by atomic mass is 10.2. The van der Waals surface area contributed by atoms with E-state index in [0.29, 0.717) is 24.1 Å².